The van der Waals surface area contributed by atoms with Gasteiger partial charge in [-0.25, -0.2) is 0 Å². The Labute approximate surface area is 121 Å². The number of rotatable bonds is 4. The highest BCUT2D eigenvalue weighted by Crippen LogP contribution is 2.17. The van der Waals surface area contributed by atoms with Gasteiger partial charge in [-0.15, -0.1) is 0 Å². The predicted molar refractivity (Wildman–Crippen MR) is 85.9 cm³/mol. The SMILES string of the molecule is CN(Cc1ccc2ccccc2c1)CC1CCCCN1. The minimum Gasteiger partial charge on any atom is -0.313 e. The normalized spacial score (nSPS) is 19.6. The van der Waals surface area contributed by atoms with Gasteiger partial charge in [0.15, 0.2) is 0 Å². The first-order valence-electron chi connectivity index (χ1n) is 7.71. The van der Waals surface area contributed by atoms with Gasteiger partial charge >= 0.3 is 0 Å². The van der Waals surface area contributed by atoms with Crippen molar-refractivity contribution in [1.29, 1.82) is 0 Å². The van der Waals surface area contributed by atoms with Crippen molar-refractivity contribution in [3.05, 3.63) is 48.0 Å². The quantitative estimate of drug-likeness (QED) is 0.914. The van der Waals surface area contributed by atoms with Crippen LogP contribution in [0.4, 0.5) is 0 Å². The molecule has 1 unspecified atom stereocenters. The summed E-state index contributed by atoms with van der Waals surface area (Å²) in [6.45, 7) is 3.37. The lowest BCUT2D eigenvalue weighted by atomic mass is 10.0. The fourth-order valence-electron chi connectivity index (χ4n) is 3.17. The number of benzene rings is 2. The standard InChI is InChI=1S/C18H24N2/c1-20(14-18-8-4-5-11-19-18)13-15-9-10-16-6-2-3-7-17(16)12-15/h2-3,6-7,9-10,12,18-19H,4-5,8,11,13-14H2,1H3. The first kappa shape index (κ1) is 13.6. The monoisotopic (exact) mass is 268 g/mol. The maximum absolute atomic E-state index is 3.62. The third-order valence-corrected chi connectivity index (χ3v) is 4.21. The molecule has 2 aromatic carbocycles. The van der Waals surface area contributed by atoms with E-state index in [0.29, 0.717) is 6.04 Å². The second-order valence-electron chi connectivity index (χ2n) is 6.03. The molecule has 1 aliphatic heterocycles. The molecule has 0 spiro atoms. The molecule has 2 nitrogen and oxygen atoms in total. The molecule has 20 heavy (non-hydrogen) atoms. The Kier molecular flexibility index (Phi) is 4.34. The molecule has 1 aliphatic rings. The summed E-state index contributed by atoms with van der Waals surface area (Å²) in [5.41, 5.74) is 1.40. The molecular formula is C18H24N2. The van der Waals surface area contributed by atoms with Crippen LogP contribution in [0.5, 0.6) is 0 Å². The van der Waals surface area contributed by atoms with Gasteiger partial charge in [-0.3, -0.25) is 0 Å². The van der Waals surface area contributed by atoms with E-state index in [-0.39, 0.29) is 0 Å². The van der Waals surface area contributed by atoms with E-state index in [1.165, 1.54) is 42.1 Å². The van der Waals surface area contributed by atoms with Crippen LogP contribution in [-0.2, 0) is 6.54 Å². The highest BCUT2D eigenvalue weighted by molar-refractivity contribution is 5.82. The van der Waals surface area contributed by atoms with Crippen LogP contribution in [0.25, 0.3) is 10.8 Å². The summed E-state index contributed by atoms with van der Waals surface area (Å²) in [4.78, 5) is 2.44. The molecule has 1 atom stereocenters. The van der Waals surface area contributed by atoms with Crippen LogP contribution in [-0.4, -0.2) is 31.1 Å². The molecule has 1 heterocycles. The summed E-state index contributed by atoms with van der Waals surface area (Å²) < 4.78 is 0. The minimum atomic E-state index is 0.675. The molecule has 0 aromatic heterocycles. The van der Waals surface area contributed by atoms with Gasteiger partial charge in [0, 0.05) is 19.1 Å². The Bertz CT molecular complexity index is 558. The number of nitrogens with zero attached hydrogens (tertiary/aromatic N) is 1. The van der Waals surface area contributed by atoms with Crippen LogP contribution in [0.1, 0.15) is 24.8 Å². The maximum Gasteiger partial charge on any atom is 0.0231 e. The van der Waals surface area contributed by atoms with Gasteiger partial charge in [0.2, 0.25) is 0 Å². The lowest BCUT2D eigenvalue weighted by molar-refractivity contribution is 0.256. The summed E-state index contributed by atoms with van der Waals surface area (Å²) in [6, 6.07) is 16.1. The molecule has 1 fully saturated rings. The molecule has 2 aromatic rings. The van der Waals surface area contributed by atoms with E-state index < -0.39 is 0 Å². The topological polar surface area (TPSA) is 15.3 Å². The van der Waals surface area contributed by atoms with Crippen molar-refractivity contribution in [2.75, 3.05) is 20.1 Å². The van der Waals surface area contributed by atoms with E-state index in [2.05, 4.69) is 59.7 Å². The summed E-state index contributed by atoms with van der Waals surface area (Å²) in [6.07, 6.45) is 4.04. The average molecular weight is 268 g/mol. The van der Waals surface area contributed by atoms with E-state index in [1.54, 1.807) is 0 Å². The van der Waals surface area contributed by atoms with Gasteiger partial charge < -0.3 is 10.2 Å². The fourth-order valence-corrected chi connectivity index (χ4v) is 3.17. The van der Waals surface area contributed by atoms with Crippen molar-refractivity contribution in [2.45, 2.75) is 31.8 Å². The molecule has 2 heteroatoms. The molecule has 0 bridgehead atoms. The summed E-state index contributed by atoms with van der Waals surface area (Å²) >= 11 is 0. The van der Waals surface area contributed by atoms with Crippen LogP contribution in [0.15, 0.2) is 42.5 Å². The average Bonchev–Trinajstić information content (AvgIpc) is 2.48. The Hall–Kier alpha value is -1.38. The molecule has 1 N–H and O–H groups in total. The largest absolute Gasteiger partial charge is 0.313 e. The number of likely N-dealkylation sites (N-methyl/N-ethyl adjacent to an activating group) is 1. The van der Waals surface area contributed by atoms with E-state index in [9.17, 15) is 0 Å². The van der Waals surface area contributed by atoms with E-state index in [0.717, 1.165) is 13.1 Å². The molecule has 0 radical (unpaired) electrons. The second kappa shape index (κ2) is 6.38. The first-order valence-corrected chi connectivity index (χ1v) is 7.71. The number of hydrogen-bond acceptors (Lipinski definition) is 2. The smallest absolute Gasteiger partial charge is 0.0231 e. The number of piperidine rings is 1. The molecule has 1 saturated heterocycles. The summed E-state index contributed by atoms with van der Waals surface area (Å²) in [7, 11) is 2.23. The number of fused-ring (bicyclic) bond motifs is 1. The second-order valence-corrected chi connectivity index (χ2v) is 6.03. The van der Waals surface area contributed by atoms with E-state index in [4.69, 9.17) is 0 Å². The van der Waals surface area contributed by atoms with Crippen molar-refractivity contribution >= 4 is 10.8 Å². The third-order valence-electron chi connectivity index (χ3n) is 4.21. The molecule has 3 rings (SSSR count). The van der Waals surface area contributed by atoms with Gasteiger partial charge in [-0.05, 0) is 48.8 Å². The van der Waals surface area contributed by atoms with Gasteiger partial charge in [-0.2, -0.15) is 0 Å². The van der Waals surface area contributed by atoms with Gasteiger partial charge in [0.1, 0.15) is 0 Å². The Balaban J connectivity index is 1.62. The zero-order valence-electron chi connectivity index (χ0n) is 12.3. The maximum atomic E-state index is 3.62. The molecule has 106 valence electrons. The highest BCUT2D eigenvalue weighted by Gasteiger charge is 2.14. The van der Waals surface area contributed by atoms with Crippen LogP contribution in [0.2, 0.25) is 0 Å². The van der Waals surface area contributed by atoms with Gasteiger partial charge in [0.25, 0.3) is 0 Å². The number of nitrogens with one attached hydrogen (secondary N) is 1. The lowest BCUT2D eigenvalue weighted by Gasteiger charge is -2.28. The Morgan fingerprint density at radius 1 is 1.10 bits per heavy atom. The van der Waals surface area contributed by atoms with Crippen LogP contribution >= 0.6 is 0 Å². The first-order chi connectivity index (χ1) is 9.81. The predicted octanol–water partition coefficient (Wildman–Crippen LogP) is 3.41. The number of hydrogen-bond donors (Lipinski definition) is 1. The van der Waals surface area contributed by atoms with Crippen molar-refractivity contribution in [2.24, 2.45) is 0 Å². The highest BCUT2D eigenvalue weighted by atomic mass is 15.1. The Morgan fingerprint density at radius 2 is 1.95 bits per heavy atom. The van der Waals surface area contributed by atoms with Crippen LogP contribution < -0.4 is 5.32 Å². The van der Waals surface area contributed by atoms with E-state index in [1.807, 2.05) is 0 Å². The summed E-state index contributed by atoms with van der Waals surface area (Å²) in [5.74, 6) is 0. The van der Waals surface area contributed by atoms with Crippen LogP contribution in [0.3, 0.4) is 0 Å². The van der Waals surface area contributed by atoms with Crippen molar-refractivity contribution in [1.82, 2.24) is 10.2 Å². The third kappa shape index (κ3) is 3.38. The van der Waals surface area contributed by atoms with Crippen LogP contribution in [0, 0.1) is 0 Å². The molecular weight excluding hydrogens is 244 g/mol. The van der Waals surface area contributed by atoms with Gasteiger partial charge in [0.05, 0.1) is 0 Å². The molecule has 0 aliphatic carbocycles. The van der Waals surface area contributed by atoms with Gasteiger partial charge in [-0.1, -0.05) is 42.8 Å². The zero-order valence-corrected chi connectivity index (χ0v) is 12.3. The van der Waals surface area contributed by atoms with E-state index >= 15 is 0 Å². The lowest BCUT2D eigenvalue weighted by Crippen LogP contribution is -2.42. The fraction of sp³-hybridized carbons (Fsp3) is 0.444. The summed E-state index contributed by atoms with van der Waals surface area (Å²) in [5, 5.41) is 6.29. The molecule has 0 saturated carbocycles. The minimum absolute atomic E-state index is 0.675. The van der Waals surface area contributed by atoms with Crippen molar-refractivity contribution in [3.8, 4) is 0 Å². The van der Waals surface area contributed by atoms with Crippen molar-refractivity contribution in [3.63, 3.8) is 0 Å². The Morgan fingerprint density at radius 3 is 2.75 bits per heavy atom. The molecule has 0 amide bonds. The van der Waals surface area contributed by atoms with Crippen molar-refractivity contribution < 1.29 is 0 Å². The zero-order chi connectivity index (χ0) is 13.8.